The summed E-state index contributed by atoms with van der Waals surface area (Å²) in [4.78, 5) is 28.0. The highest BCUT2D eigenvalue weighted by atomic mass is 35.5. The number of benzene rings is 2. The molecule has 0 saturated carbocycles. The van der Waals surface area contributed by atoms with Crippen LogP contribution in [0.15, 0.2) is 48.5 Å². The van der Waals surface area contributed by atoms with Gasteiger partial charge in [0.25, 0.3) is 5.91 Å². The Labute approximate surface area is 162 Å². The molecule has 0 unspecified atom stereocenters. The Morgan fingerprint density at radius 3 is 2.33 bits per heavy atom. The molecule has 2 aromatic carbocycles. The lowest BCUT2D eigenvalue weighted by Crippen LogP contribution is -2.50. The number of phenols is 1. The molecule has 1 heterocycles. The highest BCUT2D eigenvalue weighted by Crippen LogP contribution is 2.26. The Bertz CT molecular complexity index is 802. The van der Waals surface area contributed by atoms with E-state index in [1.54, 1.807) is 17.0 Å². The zero-order valence-electron chi connectivity index (χ0n) is 14.8. The lowest BCUT2D eigenvalue weighted by molar-refractivity contribution is -0.151. The van der Waals surface area contributed by atoms with Crippen LogP contribution in [0, 0.1) is 0 Å². The van der Waals surface area contributed by atoms with Crippen molar-refractivity contribution in [2.24, 2.45) is 0 Å². The predicted octanol–water partition coefficient (Wildman–Crippen LogP) is 2.48. The Morgan fingerprint density at radius 1 is 1.00 bits per heavy atom. The normalized spacial score (nSPS) is 14.1. The fourth-order valence-corrected chi connectivity index (χ4v) is 3.23. The average molecular weight is 389 g/mol. The molecule has 1 N–H and O–H groups in total. The Morgan fingerprint density at radius 2 is 1.67 bits per heavy atom. The number of esters is 1. The van der Waals surface area contributed by atoms with E-state index < -0.39 is 5.97 Å². The molecule has 1 aliphatic heterocycles. The molecule has 0 spiro atoms. The number of carbonyl (C=O) groups is 2. The Hall–Kier alpha value is -2.73. The van der Waals surface area contributed by atoms with Crippen molar-refractivity contribution in [2.75, 3.05) is 37.7 Å². The van der Waals surface area contributed by atoms with Crippen LogP contribution in [0.25, 0.3) is 0 Å². The Balaban J connectivity index is 1.43. The number of hydrogen-bond acceptors (Lipinski definition) is 5. The van der Waals surface area contributed by atoms with E-state index in [0.29, 0.717) is 31.2 Å². The van der Waals surface area contributed by atoms with Crippen LogP contribution >= 0.6 is 11.6 Å². The summed E-state index contributed by atoms with van der Waals surface area (Å²) in [5.41, 5.74) is 1.69. The van der Waals surface area contributed by atoms with Crippen LogP contribution in [0.3, 0.4) is 0 Å². The molecule has 1 saturated heterocycles. The maximum absolute atomic E-state index is 12.3. The summed E-state index contributed by atoms with van der Waals surface area (Å²) in [6.45, 7) is 2.20. The number of amides is 1. The number of aromatic hydroxyl groups is 1. The van der Waals surface area contributed by atoms with Crippen molar-refractivity contribution < 1.29 is 19.4 Å². The first-order valence-electron chi connectivity index (χ1n) is 8.74. The maximum atomic E-state index is 12.3. The maximum Gasteiger partial charge on any atom is 0.310 e. The summed E-state index contributed by atoms with van der Waals surface area (Å²) >= 11 is 6.22. The van der Waals surface area contributed by atoms with Gasteiger partial charge >= 0.3 is 5.97 Å². The van der Waals surface area contributed by atoms with E-state index >= 15 is 0 Å². The van der Waals surface area contributed by atoms with Crippen molar-refractivity contribution in [2.45, 2.75) is 6.42 Å². The second kappa shape index (κ2) is 8.77. The number of halogens is 1. The van der Waals surface area contributed by atoms with Crippen molar-refractivity contribution >= 4 is 29.2 Å². The minimum absolute atomic E-state index is 0.0633. The topological polar surface area (TPSA) is 70.1 Å². The summed E-state index contributed by atoms with van der Waals surface area (Å²) in [6.07, 6.45) is 0.0633. The van der Waals surface area contributed by atoms with Crippen LogP contribution in [-0.2, 0) is 20.7 Å². The monoisotopic (exact) mass is 388 g/mol. The van der Waals surface area contributed by atoms with Crippen LogP contribution in [0.5, 0.6) is 5.75 Å². The van der Waals surface area contributed by atoms with Crippen molar-refractivity contribution in [3.8, 4) is 5.75 Å². The smallest absolute Gasteiger partial charge is 0.310 e. The summed E-state index contributed by atoms with van der Waals surface area (Å²) in [6, 6.07) is 13.9. The molecule has 2 aromatic rings. The van der Waals surface area contributed by atoms with Gasteiger partial charge in [0.1, 0.15) is 5.75 Å². The van der Waals surface area contributed by atoms with E-state index in [-0.39, 0.29) is 24.7 Å². The molecule has 27 heavy (non-hydrogen) atoms. The third kappa shape index (κ3) is 5.14. The number of nitrogens with zero attached hydrogens (tertiary/aromatic N) is 2. The van der Waals surface area contributed by atoms with Crippen LogP contribution in [0.1, 0.15) is 5.56 Å². The van der Waals surface area contributed by atoms with Crippen LogP contribution in [0.2, 0.25) is 5.02 Å². The predicted molar refractivity (Wildman–Crippen MR) is 103 cm³/mol. The SMILES string of the molecule is O=C(Cc1ccc(O)cc1)OCC(=O)N1CCN(c2ccccc2Cl)CC1. The van der Waals surface area contributed by atoms with E-state index in [1.165, 1.54) is 12.1 Å². The number of rotatable bonds is 5. The van der Waals surface area contributed by atoms with Crippen molar-refractivity contribution in [3.63, 3.8) is 0 Å². The quantitative estimate of drug-likeness (QED) is 0.797. The van der Waals surface area contributed by atoms with Gasteiger partial charge in [-0.2, -0.15) is 0 Å². The molecule has 0 radical (unpaired) electrons. The summed E-state index contributed by atoms with van der Waals surface area (Å²) in [7, 11) is 0. The number of hydrogen-bond donors (Lipinski definition) is 1. The highest BCUT2D eigenvalue weighted by molar-refractivity contribution is 6.33. The largest absolute Gasteiger partial charge is 0.508 e. The van der Waals surface area contributed by atoms with E-state index in [0.717, 1.165) is 11.3 Å². The van der Waals surface area contributed by atoms with E-state index in [4.69, 9.17) is 16.3 Å². The fourth-order valence-electron chi connectivity index (χ4n) is 2.97. The number of ether oxygens (including phenoxy) is 1. The van der Waals surface area contributed by atoms with Gasteiger partial charge in [0.05, 0.1) is 17.1 Å². The fraction of sp³-hybridized carbons (Fsp3) is 0.300. The third-order valence-electron chi connectivity index (χ3n) is 4.47. The molecular formula is C20H21ClN2O4. The third-order valence-corrected chi connectivity index (χ3v) is 4.79. The number of phenolic OH excluding ortho intramolecular Hbond substituents is 1. The van der Waals surface area contributed by atoms with Gasteiger partial charge < -0.3 is 19.6 Å². The Kier molecular flexibility index (Phi) is 6.19. The molecule has 3 rings (SSSR count). The summed E-state index contributed by atoms with van der Waals surface area (Å²) < 4.78 is 5.09. The number of piperazine rings is 1. The van der Waals surface area contributed by atoms with Crippen molar-refractivity contribution in [1.29, 1.82) is 0 Å². The van der Waals surface area contributed by atoms with Gasteiger partial charge in [0.2, 0.25) is 0 Å². The van der Waals surface area contributed by atoms with E-state index in [9.17, 15) is 14.7 Å². The van der Waals surface area contributed by atoms with E-state index in [1.807, 2.05) is 24.3 Å². The molecular weight excluding hydrogens is 368 g/mol. The molecule has 0 atom stereocenters. The molecule has 1 amide bonds. The first-order valence-corrected chi connectivity index (χ1v) is 9.11. The summed E-state index contributed by atoms with van der Waals surface area (Å²) in [5, 5.41) is 9.94. The van der Waals surface area contributed by atoms with Gasteiger partial charge in [-0.3, -0.25) is 9.59 Å². The van der Waals surface area contributed by atoms with Gasteiger partial charge in [-0.15, -0.1) is 0 Å². The molecule has 0 aromatic heterocycles. The standard InChI is InChI=1S/C20H21ClN2O4/c21-17-3-1-2-4-18(17)22-9-11-23(12-10-22)19(25)14-27-20(26)13-15-5-7-16(24)8-6-15/h1-8,24H,9-14H2. The van der Waals surface area contributed by atoms with Crippen molar-refractivity contribution in [3.05, 3.63) is 59.1 Å². The van der Waals surface area contributed by atoms with Crippen LogP contribution in [0.4, 0.5) is 5.69 Å². The highest BCUT2D eigenvalue weighted by Gasteiger charge is 2.23. The lowest BCUT2D eigenvalue weighted by Gasteiger charge is -2.36. The van der Waals surface area contributed by atoms with Gasteiger partial charge in [0.15, 0.2) is 6.61 Å². The minimum atomic E-state index is -0.469. The molecule has 6 nitrogen and oxygen atoms in total. The first kappa shape index (κ1) is 19.0. The zero-order valence-corrected chi connectivity index (χ0v) is 15.6. The van der Waals surface area contributed by atoms with Gasteiger partial charge in [-0.25, -0.2) is 0 Å². The first-order chi connectivity index (χ1) is 13.0. The van der Waals surface area contributed by atoms with E-state index in [2.05, 4.69) is 4.90 Å². The lowest BCUT2D eigenvalue weighted by atomic mass is 10.1. The van der Waals surface area contributed by atoms with Gasteiger partial charge in [0, 0.05) is 26.2 Å². The summed E-state index contributed by atoms with van der Waals surface area (Å²) in [5.74, 6) is -0.533. The second-order valence-corrected chi connectivity index (χ2v) is 6.73. The number of carbonyl (C=O) groups excluding carboxylic acids is 2. The molecule has 0 bridgehead atoms. The van der Waals surface area contributed by atoms with Gasteiger partial charge in [-0.05, 0) is 29.8 Å². The van der Waals surface area contributed by atoms with Crippen LogP contribution in [-0.4, -0.2) is 54.7 Å². The van der Waals surface area contributed by atoms with Gasteiger partial charge in [-0.1, -0.05) is 35.9 Å². The molecule has 1 fully saturated rings. The molecule has 1 aliphatic rings. The zero-order chi connectivity index (χ0) is 19.2. The molecule has 142 valence electrons. The number of para-hydroxylation sites is 1. The second-order valence-electron chi connectivity index (χ2n) is 6.32. The average Bonchev–Trinajstić information content (AvgIpc) is 2.68. The van der Waals surface area contributed by atoms with Crippen LogP contribution < -0.4 is 4.90 Å². The molecule has 7 heteroatoms. The minimum Gasteiger partial charge on any atom is -0.508 e. The number of anilines is 1. The molecule has 0 aliphatic carbocycles. The van der Waals surface area contributed by atoms with Crippen molar-refractivity contribution in [1.82, 2.24) is 4.90 Å².